The SMILES string of the molecule is CC(C)[O-].CC(C)[O-].CC(C)[O-].CC(C)[O-].CC(C)[O-].[Li+].[Ti+4]. The Kier molecular flexibility index (Phi) is 75.1. The van der Waals surface area contributed by atoms with E-state index >= 15 is 0 Å². The van der Waals surface area contributed by atoms with Gasteiger partial charge in [-0.25, -0.2) is 0 Å². The van der Waals surface area contributed by atoms with Crippen LogP contribution >= 0.6 is 0 Å². The van der Waals surface area contributed by atoms with Crippen LogP contribution in [0.2, 0.25) is 0 Å². The molecule has 5 nitrogen and oxygen atoms in total. The van der Waals surface area contributed by atoms with Crippen molar-refractivity contribution in [2.75, 3.05) is 0 Å². The van der Waals surface area contributed by atoms with Crippen LogP contribution in [0.4, 0.5) is 0 Å². The summed E-state index contributed by atoms with van der Waals surface area (Å²) in [6, 6.07) is 0. The Labute approximate surface area is 165 Å². The van der Waals surface area contributed by atoms with Gasteiger partial charge in [-0.1, -0.05) is 69.2 Å². The predicted molar refractivity (Wildman–Crippen MR) is 75.7 cm³/mol. The van der Waals surface area contributed by atoms with Crippen molar-refractivity contribution in [3.63, 3.8) is 0 Å². The predicted octanol–water partition coefficient (Wildman–Crippen LogP) is -4.22. The van der Waals surface area contributed by atoms with Crippen molar-refractivity contribution in [2.45, 2.75) is 99.8 Å². The van der Waals surface area contributed by atoms with Crippen LogP contribution in [0.15, 0.2) is 0 Å². The smallest absolute Gasteiger partial charge is 0.852 e. The summed E-state index contributed by atoms with van der Waals surface area (Å²) in [5.74, 6) is 0. The Morgan fingerprint density at radius 2 is 0.364 bits per heavy atom. The van der Waals surface area contributed by atoms with Gasteiger partial charge in [-0.2, -0.15) is 0 Å². The van der Waals surface area contributed by atoms with Crippen LogP contribution in [0.3, 0.4) is 0 Å². The van der Waals surface area contributed by atoms with E-state index in [9.17, 15) is 25.5 Å². The first-order valence-corrected chi connectivity index (χ1v) is 6.95. The fraction of sp³-hybridized carbons (Fsp3) is 1.00. The van der Waals surface area contributed by atoms with Crippen molar-refractivity contribution in [1.82, 2.24) is 0 Å². The van der Waals surface area contributed by atoms with Crippen LogP contribution < -0.4 is 44.4 Å². The molecule has 0 unspecified atom stereocenters. The molecule has 0 saturated carbocycles. The average Bonchev–Trinajstić information content (AvgIpc) is 1.94. The number of rotatable bonds is 0. The van der Waals surface area contributed by atoms with Gasteiger partial charge in [0.05, 0.1) is 0 Å². The molecule has 0 aliphatic heterocycles. The molecule has 0 radical (unpaired) electrons. The van der Waals surface area contributed by atoms with Gasteiger partial charge < -0.3 is 25.5 Å². The monoisotopic (exact) mass is 350 g/mol. The second-order valence-electron chi connectivity index (χ2n) is 5.24. The molecule has 0 bridgehead atoms. The Morgan fingerprint density at radius 3 is 0.364 bits per heavy atom. The van der Waals surface area contributed by atoms with Crippen molar-refractivity contribution in [1.29, 1.82) is 0 Å². The van der Waals surface area contributed by atoms with Crippen LogP contribution in [0.25, 0.3) is 0 Å². The van der Waals surface area contributed by atoms with Crippen molar-refractivity contribution >= 4 is 0 Å². The first kappa shape index (κ1) is 43.5. The average molecular weight is 350 g/mol. The zero-order valence-electron chi connectivity index (χ0n) is 16.4. The minimum absolute atomic E-state index is 0. The Hall–Kier alpha value is 1.11. The van der Waals surface area contributed by atoms with E-state index in [0.717, 1.165) is 0 Å². The molecule has 130 valence electrons. The van der Waals surface area contributed by atoms with E-state index < -0.39 is 30.5 Å². The zero-order valence-corrected chi connectivity index (χ0v) is 18.0. The molecular weight excluding hydrogens is 315 g/mol. The Bertz CT molecular complexity index is 86.5. The molecule has 0 aromatic carbocycles. The standard InChI is InChI=1S/5C3H7O.Li.Ti/c5*1-3(2)4;;/h5*3H,1-2H3;;/q5*-1;+1;+4. The van der Waals surface area contributed by atoms with Crippen LogP contribution in [0, 0.1) is 0 Å². The van der Waals surface area contributed by atoms with Crippen LogP contribution in [-0.2, 0) is 21.7 Å². The van der Waals surface area contributed by atoms with Gasteiger partial charge in [0, 0.05) is 0 Å². The third-order valence-corrected chi connectivity index (χ3v) is 0. The van der Waals surface area contributed by atoms with Gasteiger partial charge in [-0.3, -0.25) is 0 Å². The quantitative estimate of drug-likeness (QED) is 0.411. The normalized spacial score (nSPS) is 8.18. The van der Waals surface area contributed by atoms with Crippen LogP contribution in [0.1, 0.15) is 69.2 Å². The van der Waals surface area contributed by atoms with E-state index in [0.29, 0.717) is 0 Å². The maximum atomic E-state index is 9.53. The fourth-order valence-corrected chi connectivity index (χ4v) is 0. The molecule has 22 heavy (non-hydrogen) atoms. The Morgan fingerprint density at radius 1 is 0.364 bits per heavy atom. The summed E-state index contributed by atoms with van der Waals surface area (Å²) in [6.07, 6.45) is -2.08. The van der Waals surface area contributed by atoms with E-state index in [4.69, 9.17) is 0 Å². The molecule has 0 spiro atoms. The minimum atomic E-state index is -0.417. The second-order valence-corrected chi connectivity index (χ2v) is 5.24. The molecular formula is C15H35LiO5Ti. The molecule has 0 amide bonds. The van der Waals surface area contributed by atoms with Gasteiger partial charge in [-0.15, -0.1) is 30.5 Å². The fourth-order valence-electron chi connectivity index (χ4n) is 0. The van der Waals surface area contributed by atoms with Gasteiger partial charge in [0.1, 0.15) is 0 Å². The molecule has 7 heteroatoms. The second kappa shape index (κ2) is 38.0. The maximum absolute atomic E-state index is 9.53. The molecule has 0 aromatic rings. The van der Waals surface area contributed by atoms with Crippen molar-refractivity contribution < 1.29 is 66.1 Å². The Balaban J connectivity index is -0.0000000250. The first-order valence-electron chi connectivity index (χ1n) is 6.95. The molecule has 0 atom stereocenters. The van der Waals surface area contributed by atoms with E-state index in [-0.39, 0.29) is 40.6 Å². The third kappa shape index (κ3) is 6910. The molecule has 0 aliphatic rings. The topological polar surface area (TPSA) is 115 Å². The van der Waals surface area contributed by atoms with Crippen molar-refractivity contribution in [3.05, 3.63) is 0 Å². The summed E-state index contributed by atoms with van der Waals surface area (Å²) in [4.78, 5) is 0. The van der Waals surface area contributed by atoms with Crippen molar-refractivity contribution in [3.8, 4) is 0 Å². The minimum Gasteiger partial charge on any atom is -0.852 e. The van der Waals surface area contributed by atoms with E-state index in [1.165, 1.54) is 0 Å². The summed E-state index contributed by atoms with van der Waals surface area (Å²) in [6.45, 7) is 16.1. The maximum Gasteiger partial charge on any atom is 4.00 e. The number of hydrogen-bond acceptors (Lipinski definition) is 5. The summed E-state index contributed by atoms with van der Waals surface area (Å²) in [5, 5.41) is 47.6. The molecule has 0 rings (SSSR count). The first-order chi connectivity index (χ1) is 8.66. The summed E-state index contributed by atoms with van der Waals surface area (Å²) >= 11 is 0. The summed E-state index contributed by atoms with van der Waals surface area (Å²) in [7, 11) is 0. The zero-order chi connectivity index (χ0) is 17.9. The number of hydrogen-bond donors (Lipinski definition) is 0. The van der Waals surface area contributed by atoms with Gasteiger partial charge in [0.25, 0.3) is 0 Å². The molecule has 0 heterocycles. The van der Waals surface area contributed by atoms with Gasteiger partial charge in [-0.05, 0) is 0 Å². The van der Waals surface area contributed by atoms with E-state index in [2.05, 4.69) is 0 Å². The van der Waals surface area contributed by atoms with E-state index in [1.807, 2.05) is 0 Å². The van der Waals surface area contributed by atoms with Gasteiger partial charge >= 0.3 is 40.6 Å². The molecule has 0 fully saturated rings. The van der Waals surface area contributed by atoms with Gasteiger partial charge in [0.2, 0.25) is 0 Å². The van der Waals surface area contributed by atoms with E-state index in [1.54, 1.807) is 69.2 Å². The largest absolute Gasteiger partial charge is 4.00 e. The van der Waals surface area contributed by atoms with Gasteiger partial charge in [0.15, 0.2) is 0 Å². The van der Waals surface area contributed by atoms with Crippen LogP contribution in [0.5, 0.6) is 0 Å². The van der Waals surface area contributed by atoms with Crippen molar-refractivity contribution in [2.24, 2.45) is 0 Å². The molecule has 0 N–H and O–H groups in total. The van der Waals surface area contributed by atoms with Crippen LogP contribution in [-0.4, -0.2) is 30.5 Å². The molecule has 0 saturated heterocycles. The summed E-state index contributed by atoms with van der Waals surface area (Å²) < 4.78 is 0. The summed E-state index contributed by atoms with van der Waals surface area (Å²) in [5.41, 5.74) is 0. The third-order valence-electron chi connectivity index (χ3n) is 0. The molecule has 0 aromatic heterocycles. The molecule has 0 aliphatic carbocycles.